The first-order valence-electron chi connectivity index (χ1n) is 8.00. The van der Waals surface area contributed by atoms with Gasteiger partial charge < -0.3 is 4.74 Å². The van der Waals surface area contributed by atoms with Crippen LogP contribution < -0.4 is 9.46 Å². The average Bonchev–Trinajstić information content (AvgIpc) is 2.64. The van der Waals surface area contributed by atoms with Gasteiger partial charge in [-0.2, -0.15) is 0 Å². The topological polar surface area (TPSA) is 55.4 Å². The van der Waals surface area contributed by atoms with Crippen molar-refractivity contribution in [2.45, 2.75) is 11.8 Å². The van der Waals surface area contributed by atoms with Crippen LogP contribution in [-0.4, -0.2) is 15.0 Å². The van der Waals surface area contributed by atoms with Crippen LogP contribution in [0.2, 0.25) is 0 Å². The van der Waals surface area contributed by atoms with Crippen molar-refractivity contribution in [3.63, 3.8) is 0 Å². The van der Waals surface area contributed by atoms with Gasteiger partial charge in [0.2, 0.25) is 0 Å². The summed E-state index contributed by atoms with van der Waals surface area (Å²) in [5, 5.41) is 0. The van der Waals surface area contributed by atoms with Crippen LogP contribution >= 0.6 is 0 Å². The van der Waals surface area contributed by atoms with Gasteiger partial charge in [-0.15, -0.1) is 0 Å². The molecule has 0 amide bonds. The van der Waals surface area contributed by atoms with Crippen LogP contribution in [0, 0.1) is 0 Å². The first-order valence-corrected chi connectivity index (χ1v) is 9.48. The molecule has 0 unspecified atom stereocenters. The minimum absolute atomic E-state index is 0.207. The average molecular weight is 353 g/mol. The lowest BCUT2D eigenvalue weighted by molar-refractivity contribution is 0.342. The van der Waals surface area contributed by atoms with Gasteiger partial charge in [-0.3, -0.25) is 4.72 Å². The lowest BCUT2D eigenvalue weighted by atomic mass is 10.1. The summed E-state index contributed by atoms with van der Waals surface area (Å²) in [6.07, 6.45) is 0. The van der Waals surface area contributed by atoms with Gasteiger partial charge >= 0.3 is 0 Å². The molecule has 128 valence electrons. The predicted molar refractivity (Wildman–Crippen MR) is 100 cm³/mol. The number of hydrogen-bond acceptors (Lipinski definition) is 3. The molecule has 0 spiro atoms. The summed E-state index contributed by atoms with van der Waals surface area (Å²) < 4.78 is 33.3. The Labute approximate surface area is 148 Å². The number of para-hydroxylation sites is 2. The predicted octanol–water partition coefficient (Wildman–Crippen LogP) is 4.55. The summed E-state index contributed by atoms with van der Waals surface area (Å²) in [6.45, 7) is 2.32. The Morgan fingerprint density at radius 2 is 1.40 bits per heavy atom. The third kappa shape index (κ3) is 4.00. The molecule has 0 aliphatic heterocycles. The van der Waals surface area contributed by atoms with Crippen LogP contribution in [0.5, 0.6) is 5.75 Å². The third-order valence-corrected chi connectivity index (χ3v) is 5.08. The lowest BCUT2D eigenvalue weighted by Crippen LogP contribution is -2.13. The molecule has 3 aromatic carbocycles. The minimum Gasteiger partial charge on any atom is -0.492 e. The highest BCUT2D eigenvalue weighted by atomic mass is 32.2. The highest BCUT2D eigenvalue weighted by molar-refractivity contribution is 7.92. The molecule has 4 nitrogen and oxygen atoms in total. The van der Waals surface area contributed by atoms with Crippen LogP contribution in [0.1, 0.15) is 6.92 Å². The summed E-state index contributed by atoms with van der Waals surface area (Å²) in [7, 11) is -3.68. The standard InChI is InChI=1S/C20H19NO3S/c1-2-24-20-11-7-6-10-19(20)21-25(22,23)18-14-12-17(13-15-18)16-8-4-3-5-9-16/h3-15,21H,2H2,1H3. The summed E-state index contributed by atoms with van der Waals surface area (Å²) in [6, 6.07) is 23.6. The van der Waals surface area contributed by atoms with E-state index in [1.807, 2.05) is 37.3 Å². The number of anilines is 1. The molecule has 0 bridgehead atoms. The molecule has 0 aliphatic rings. The zero-order valence-corrected chi connectivity index (χ0v) is 14.7. The molecule has 0 heterocycles. The lowest BCUT2D eigenvalue weighted by Gasteiger charge is -2.13. The molecule has 0 fully saturated rings. The maximum atomic E-state index is 12.6. The van der Waals surface area contributed by atoms with E-state index < -0.39 is 10.0 Å². The second kappa shape index (κ2) is 7.40. The minimum atomic E-state index is -3.68. The maximum absolute atomic E-state index is 12.6. The summed E-state index contributed by atoms with van der Waals surface area (Å²) in [5.41, 5.74) is 2.44. The molecule has 25 heavy (non-hydrogen) atoms. The molecule has 0 atom stereocenters. The Hall–Kier alpha value is -2.79. The van der Waals surface area contributed by atoms with Crippen LogP contribution in [0.3, 0.4) is 0 Å². The molecule has 0 aromatic heterocycles. The van der Waals surface area contributed by atoms with Gasteiger partial charge in [-0.25, -0.2) is 8.42 Å². The molecule has 0 radical (unpaired) electrons. The van der Waals surface area contributed by atoms with E-state index in [4.69, 9.17) is 4.74 Å². The molecular formula is C20H19NO3S. The summed E-state index contributed by atoms with van der Waals surface area (Å²) >= 11 is 0. The van der Waals surface area contributed by atoms with Crippen molar-refractivity contribution < 1.29 is 13.2 Å². The van der Waals surface area contributed by atoms with Gasteiger partial charge in [0, 0.05) is 0 Å². The van der Waals surface area contributed by atoms with E-state index in [2.05, 4.69) is 4.72 Å². The molecule has 3 aromatic rings. The zero-order valence-electron chi connectivity index (χ0n) is 13.8. The smallest absolute Gasteiger partial charge is 0.262 e. The molecular weight excluding hydrogens is 334 g/mol. The fourth-order valence-electron chi connectivity index (χ4n) is 2.49. The Bertz CT molecular complexity index is 936. The van der Waals surface area contributed by atoms with E-state index in [-0.39, 0.29) is 4.90 Å². The molecule has 0 saturated heterocycles. The Morgan fingerprint density at radius 3 is 2.08 bits per heavy atom. The number of ether oxygens (including phenoxy) is 1. The first kappa shape index (κ1) is 17.0. The molecule has 5 heteroatoms. The van der Waals surface area contributed by atoms with Gasteiger partial charge in [0.25, 0.3) is 10.0 Å². The fraction of sp³-hybridized carbons (Fsp3) is 0.100. The van der Waals surface area contributed by atoms with Crippen LogP contribution in [-0.2, 0) is 10.0 Å². The largest absolute Gasteiger partial charge is 0.492 e. The van der Waals surface area contributed by atoms with Gasteiger partial charge in [0.1, 0.15) is 5.75 Å². The van der Waals surface area contributed by atoms with E-state index >= 15 is 0 Å². The van der Waals surface area contributed by atoms with Gasteiger partial charge in [-0.05, 0) is 42.3 Å². The summed E-state index contributed by atoms with van der Waals surface area (Å²) in [4.78, 5) is 0.207. The van der Waals surface area contributed by atoms with Crippen LogP contribution in [0.15, 0.2) is 83.8 Å². The third-order valence-electron chi connectivity index (χ3n) is 3.70. The monoisotopic (exact) mass is 353 g/mol. The van der Waals surface area contributed by atoms with E-state index in [1.165, 1.54) is 0 Å². The van der Waals surface area contributed by atoms with Gasteiger partial charge in [0.05, 0.1) is 17.2 Å². The SMILES string of the molecule is CCOc1ccccc1NS(=O)(=O)c1ccc(-c2ccccc2)cc1. The zero-order chi connectivity index (χ0) is 17.7. The Morgan fingerprint density at radius 1 is 0.800 bits per heavy atom. The molecule has 1 N–H and O–H groups in total. The number of hydrogen-bond donors (Lipinski definition) is 1. The van der Waals surface area contributed by atoms with E-state index in [9.17, 15) is 8.42 Å². The van der Waals surface area contributed by atoms with Crippen LogP contribution in [0.25, 0.3) is 11.1 Å². The second-order valence-corrected chi connectivity index (χ2v) is 7.11. The van der Waals surface area contributed by atoms with Crippen molar-refractivity contribution in [2.75, 3.05) is 11.3 Å². The first-order chi connectivity index (χ1) is 12.1. The van der Waals surface area contributed by atoms with Crippen molar-refractivity contribution in [1.82, 2.24) is 0 Å². The fourth-order valence-corrected chi connectivity index (χ4v) is 3.56. The van der Waals surface area contributed by atoms with Crippen molar-refractivity contribution in [3.05, 3.63) is 78.9 Å². The normalized spacial score (nSPS) is 11.1. The molecule has 3 rings (SSSR count). The Balaban J connectivity index is 1.86. The number of benzene rings is 3. The number of nitrogens with one attached hydrogen (secondary N) is 1. The van der Waals surface area contributed by atoms with Crippen molar-refractivity contribution in [3.8, 4) is 16.9 Å². The second-order valence-electron chi connectivity index (χ2n) is 5.43. The summed E-state index contributed by atoms with van der Waals surface area (Å²) in [5.74, 6) is 0.509. The van der Waals surface area contributed by atoms with Crippen molar-refractivity contribution >= 4 is 15.7 Å². The van der Waals surface area contributed by atoms with E-state index in [0.717, 1.165) is 11.1 Å². The van der Waals surface area contributed by atoms with E-state index in [0.29, 0.717) is 18.0 Å². The quantitative estimate of drug-likeness (QED) is 0.707. The van der Waals surface area contributed by atoms with Crippen molar-refractivity contribution in [1.29, 1.82) is 0 Å². The highest BCUT2D eigenvalue weighted by Crippen LogP contribution is 2.27. The van der Waals surface area contributed by atoms with Gasteiger partial charge in [0.15, 0.2) is 0 Å². The maximum Gasteiger partial charge on any atom is 0.262 e. The van der Waals surface area contributed by atoms with Crippen molar-refractivity contribution in [2.24, 2.45) is 0 Å². The van der Waals surface area contributed by atoms with Gasteiger partial charge in [-0.1, -0.05) is 54.6 Å². The van der Waals surface area contributed by atoms with Crippen LogP contribution in [0.4, 0.5) is 5.69 Å². The number of rotatable bonds is 6. The molecule has 0 aliphatic carbocycles. The number of sulfonamides is 1. The highest BCUT2D eigenvalue weighted by Gasteiger charge is 2.16. The Kier molecular flexibility index (Phi) is 5.05. The van der Waals surface area contributed by atoms with E-state index in [1.54, 1.807) is 48.5 Å². The molecule has 0 saturated carbocycles.